The van der Waals surface area contributed by atoms with Crippen LogP contribution in [0, 0.1) is 6.07 Å². The minimum absolute atomic E-state index is 0.246. The standard InChI is InChI=1S/C10H9O2/c1-2-5-9(6-3-1)10-11-7-4-8-12-10/h2-7,10H,8H2. The van der Waals surface area contributed by atoms with Crippen molar-refractivity contribution in [3.05, 3.63) is 48.2 Å². The van der Waals surface area contributed by atoms with Gasteiger partial charge < -0.3 is 9.47 Å². The molecule has 1 aliphatic heterocycles. The minimum atomic E-state index is -0.246. The average Bonchev–Trinajstić information content (AvgIpc) is 2.21. The second-order valence-electron chi connectivity index (χ2n) is 2.51. The van der Waals surface area contributed by atoms with E-state index in [1.165, 1.54) is 0 Å². The number of hydrogen-bond donors (Lipinski definition) is 0. The molecule has 1 atom stereocenters. The van der Waals surface area contributed by atoms with Crippen molar-refractivity contribution in [2.75, 3.05) is 6.61 Å². The Morgan fingerprint density at radius 2 is 2.17 bits per heavy atom. The molecule has 2 nitrogen and oxygen atoms in total. The van der Waals surface area contributed by atoms with E-state index in [0.29, 0.717) is 6.61 Å². The van der Waals surface area contributed by atoms with E-state index in [1.807, 2.05) is 30.3 Å². The topological polar surface area (TPSA) is 18.5 Å². The van der Waals surface area contributed by atoms with Crippen LogP contribution in [0.25, 0.3) is 0 Å². The molecule has 1 aromatic rings. The zero-order valence-corrected chi connectivity index (χ0v) is 6.57. The summed E-state index contributed by atoms with van der Waals surface area (Å²) in [6, 6.07) is 10.5. The fraction of sp³-hybridized carbons (Fsp3) is 0.200. The lowest BCUT2D eigenvalue weighted by molar-refractivity contribution is -0.114. The smallest absolute Gasteiger partial charge is 0.226 e. The maximum Gasteiger partial charge on any atom is 0.226 e. The van der Waals surface area contributed by atoms with Crippen molar-refractivity contribution in [3.8, 4) is 0 Å². The molecule has 0 fully saturated rings. The van der Waals surface area contributed by atoms with Gasteiger partial charge in [0.25, 0.3) is 0 Å². The van der Waals surface area contributed by atoms with Crippen LogP contribution in [0.1, 0.15) is 11.9 Å². The van der Waals surface area contributed by atoms with Crippen molar-refractivity contribution in [1.82, 2.24) is 0 Å². The molecule has 1 unspecified atom stereocenters. The Morgan fingerprint density at radius 1 is 1.33 bits per heavy atom. The van der Waals surface area contributed by atoms with Crippen LogP contribution >= 0.6 is 0 Å². The molecule has 0 N–H and O–H groups in total. The van der Waals surface area contributed by atoms with E-state index in [-0.39, 0.29) is 6.29 Å². The Bertz CT molecular complexity index is 266. The summed E-state index contributed by atoms with van der Waals surface area (Å²) in [5.41, 5.74) is 1.03. The molecule has 0 spiro atoms. The van der Waals surface area contributed by atoms with Crippen molar-refractivity contribution in [2.45, 2.75) is 6.29 Å². The van der Waals surface area contributed by atoms with Crippen molar-refractivity contribution < 1.29 is 9.47 Å². The third kappa shape index (κ3) is 1.48. The zero-order chi connectivity index (χ0) is 8.23. The van der Waals surface area contributed by atoms with Crippen LogP contribution in [0.2, 0.25) is 0 Å². The van der Waals surface area contributed by atoms with Gasteiger partial charge >= 0.3 is 0 Å². The fourth-order valence-corrected chi connectivity index (χ4v) is 1.08. The highest BCUT2D eigenvalue weighted by Crippen LogP contribution is 2.20. The predicted molar refractivity (Wildman–Crippen MR) is 44.2 cm³/mol. The third-order valence-corrected chi connectivity index (χ3v) is 1.66. The predicted octanol–water partition coefficient (Wildman–Crippen LogP) is 2.05. The van der Waals surface area contributed by atoms with Crippen molar-refractivity contribution in [3.63, 3.8) is 0 Å². The van der Waals surface area contributed by atoms with Gasteiger partial charge in [-0.25, -0.2) is 0 Å². The lowest BCUT2D eigenvalue weighted by atomic mass is 10.2. The molecule has 1 heterocycles. The first kappa shape index (κ1) is 7.37. The first-order valence-electron chi connectivity index (χ1n) is 3.85. The molecule has 1 aliphatic rings. The van der Waals surface area contributed by atoms with E-state index in [2.05, 4.69) is 6.07 Å². The minimum Gasteiger partial charge on any atom is -0.468 e. The monoisotopic (exact) mass is 161 g/mol. The molecule has 1 radical (unpaired) electrons. The molecule has 1 aromatic carbocycles. The third-order valence-electron chi connectivity index (χ3n) is 1.66. The van der Waals surface area contributed by atoms with E-state index in [0.717, 1.165) is 5.56 Å². The van der Waals surface area contributed by atoms with Gasteiger partial charge in [-0.1, -0.05) is 24.3 Å². The van der Waals surface area contributed by atoms with Crippen LogP contribution in [0.4, 0.5) is 0 Å². The molecule has 0 saturated heterocycles. The first-order chi connectivity index (χ1) is 5.97. The van der Waals surface area contributed by atoms with E-state index < -0.39 is 0 Å². The second kappa shape index (κ2) is 3.41. The summed E-state index contributed by atoms with van der Waals surface area (Å²) < 4.78 is 10.6. The summed E-state index contributed by atoms with van der Waals surface area (Å²) in [7, 11) is 0. The molecule has 2 rings (SSSR count). The van der Waals surface area contributed by atoms with Gasteiger partial charge in [0.2, 0.25) is 6.29 Å². The summed E-state index contributed by atoms with van der Waals surface area (Å²) >= 11 is 0. The maximum atomic E-state index is 5.34. The van der Waals surface area contributed by atoms with Crippen LogP contribution in [0.3, 0.4) is 0 Å². The van der Waals surface area contributed by atoms with Gasteiger partial charge in [-0.2, -0.15) is 0 Å². The molecule has 61 valence electrons. The quantitative estimate of drug-likeness (QED) is 0.627. The van der Waals surface area contributed by atoms with Crippen LogP contribution < -0.4 is 0 Å². The van der Waals surface area contributed by atoms with Gasteiger partial charge in [0.05, 0.1) is 12.9 Å². The summed E-state index contributed by atoms with van der Waals surface area (Å²) in [6.45, 7) is 0.614. The molecular formula is C10H9O2. The Morgan fingerprint density at radius 3 is 2.83 bits per heavy atom. The molecule has 0 saturated carbocycles. The highest BCUT2D eigenvalue weighted by Gasteiger charge is 2.12. The van der Waals surface area contributed by atoms with Crippen molar-refractivity contribution in [2.24, 2.45) is 0 Å². The normalized spacial score (nSPS) is 21.8. The molecule has 0 bridgehead atoms. The Labute approximate surface area is 71.4 Å². The molecular weight excluding hydrogens is 152 g/mol. The first-order valence-corrected chi connectivity index (χ1v) is 3.85. The summed E-state index contributed by atoms with van der Waals surface area (Å²) in [4.78, 5) is 0. The number of hydrogen-bond acceptors (Lipinski definition) is 2. The molecule has 12 heavy (non-hydrogen) atoms. The van der Waals surface area contributed by atoms with E-state index in [1.54, 1.807) is 6.26 Å². The van der Waals surface area contributed by atoms with Gasteiger partial charge in [-0.05, 0) is 12.1 Å². The summed E-state index contributed by atoms with van der Waals surface area (Å²) in [5.74, 6) is 0. The fourth-order valence-electron chi connectivity index (χ4n) is 1.08. The molecule has 0 aromatic heterocycles. The highest BCUT2D eigenvalue weighted by molar-refractivity contribution is 5.15. The number of benzene rings is 1. The zero-order valence-electron chi connectivity index (χ0n) is 6.57. The highest BCUT2D eigenvalue weighted by atomic mass is 16.7. The van der Waals surface area contributed by atoms with Crippen molar-refractivity contribution >= 4 is 0 Å². The van der Waals surface area contributed by atoms with E-state index in [4.69, 9.17) is 9.47 Å². The summed E-state index contributed by atoms with van der Waals surface area (Å²) in [6.07, 6.45) is 3.26. The molecule has 2 heteroatoms. The molecule has 0 amide bonds. The van der Waals surface area contributed by atoms with Crippen LogP contribution in [-0.2, 0) is 9.47 Å². The van der Waals surface area contributed by atoms with Gasteiger partial charge in [-0.15, -0.1) is 0 Å². The van der Waals surface area contributed by atoms with Crippen molar-refractivity contribution in [1.29, 1.82) is 0 Å². The van der Waals surface area contributed by atoms with Gasteiger partial charge in [-0.3, -0.25) is 0 Å². The lowest BCUT2D eigenvalue weighted by Crippen LogP contribution is -2.09. The maximum absolute atomic E-state index is 5.34. The van der Waals surface area contributed by atoms with Gasteiger partial charge in [0.15, 0.2) is 0 Å². The Hall–Kier alpha value is -1.28. The number of rotatable bonds is 1. The van der Waals surface area contributed by atoms with E-state index >= 15 is 0 Å². The Kier molecular flexibility index (Phi) is 2.10. The Balaban J connectivity index is 2.15. The van der Waals surface area contributed by atoms with Crippen LogP contribution in [0.5, 0.6) is 0 Å². The molecule has 0 aliphatic carbocycles. The average molecular weight is 161 g/mol. The van der Waals surface area contributed by atoms with Gasteiger partial charge in [0, 0.05) is 5.56 Å². The van der Waals surface area contributed by atoms with Crippen LogP contribution in [0.15, 0.2) is 36.6 Å². The van der Waals surface area contributed by atoms with Crippen LogP contribution in [-0.4, -0.2) is 6.61 Å². The van der Waals surface area contributed by atoms with E-state index in [9.17, 15) is 0 Å². The second-order valence-corrected chi connectivity index (χ2v) is 2.51. The summed E-state index contributed by atoms with van der Waals surface area (Å²) in [5, 5.41) is 0. The van der Waals surface area contributed by atoms with Gasteiger partial charge in [0.1, 0.15) is 0 Å². The number of ether oxygens (including phenoxy) is 2. The SMILES string of the molecule is [c]1ccc(C2OC=CCO2)cc1. The largest absolute Gasteiger partial charge is 0.468 e. The lowest BCUT2D eigenvalue weighted by Gasteiger charge is -2.19.